The lowest BCUT2D eigenvalue weighted by Gasteiger charge is -2.37. The normalized spacial score (nSPS) is 19.3. The fourth-order valence-corrected chi connectivity index (χ4v) is 3.54. The van der Waals surface area contributed by atoms with Crippen LogP contribution in [-0.4, -0.2) is 59.9 Å². The number of rotatable bonds is 6. The van der Waals surface area contributed by atoms with E-state index < -0.39 is 0 Å². The molecule has 1 aliphatic heterocycles. The van der Waals surface area contributed by atoms with E-state index in [1.165, 1.54) is 30.6 Å². The van der Waals surface area contributed by atoms with E-state index in [1.807, 2.05) is 11.7 Å². The molecule has 21 heavy (non-hydrogen) atoms. The molecule has 1 saturated heterocycles. The van der Waals surface area contributed by atoms with E-state index in [2.05, 4.69) is 42.1 Å². The van der Waals surface area contributed by atoms with Crippen LogP contribution >= 0.6 is 0 Å². The van der Waals surface area contributed by atoms with Crippen LogP contribution < -0.4 is 5.73 Å². The smallest absolute Gasteiger partial charge is 0.0670 e. The first-order chi connectivity index (χ1) is 10.0. The summed E-state index contributed by atoms with van der Waals surface area (Å²) >= 11 is 0. The number of nitrogens with two attached hydrogens (primary N) is 1. The zero-order valence-electron chi connectivity index (χ0n) is 14.0. The summed E-state index contributed by atoms with van der Waals surface area (Å²) in [5, 5.41) is 4.57. The molecule has 0 saturated carbocycles. The summed E-state index contributed by atoms with van der Waals surface area (Å²) in [6.07, 6.45) is 5.68. The van der Waals surface area contributed by atoms with Gasteiger partial charge in [-0.2, -0.15) is 5.10 Å². The average molecular weight is 293 g/mol. The van der Waals surface area contributed by atoms with E-state index in [9.17, 15) is 0 Å². The molecule has 0 aliphatic carbocycles. The van der Waals surface area contributed by atoms with Gasteiger partial charge >= 0.3 is 0 Å². The van der Waals surface area contributed by atoms with Gasteiger partial charge in [-0.25, -0.2) is 0 Å². The molecule has 1 aromatic heterocycles. The Balaban J connectivity index is 2.02. The second-order valence-electron chi connectivity index (χ2n) is 6.55. The largest absolute Gasteiger partial charge is 0.329 e. The Morgan fingerprint density at radius 2 is 2.05 bits per heavy atom. The standard InChI is InChI=1S/C16H31N5/c1-5-15-14(12-20(4)18-15)16(10-17)21-8-6-13(7-9-21)11-19(2)3/h12-13,16H,5-11,17H2,1-4H3. The molecule has 0 spiro atoms. The lowest BCUT2D eigenvalue weighted by molar-refractivity contribution is 0.122. The van der Waals surface area contributed by atoms with Crippen molar-refractivity contribution in [3.8, 4) is 0 Å². The van der Waals surface area contributed by atoms with Crippen LogP contribution in [0.5, 0.6) is 0 Å². The van der Waals surface area contributed by atoms with E-state index in [-0.39, 0.29) is 0 Å². The molecule has 0 amide bonds. The zero-order valence-corrected chi connectivity index (χ0v) is 14.0. The van der Waals surface area contributed by atoms with Crippen LogP contribution in [0.1, 0.15) is 37.1 Å². The average Bonchev–Trinajstić information content (AvgIpc) is 2.82. The number of hydrogen-bond donors (Lipinski definition) is 1. The highest BCUT2D eigenvalue weighted by atomic mass is 15.3. The van der Waals surface area contributed by atoms with Crippen molar-refractivity contribution in [3.05, 3.63) is 17.5 Å². The van der Waals surface area contributed by atoms with Gasteiger partial charge in [0.25, 0.3) is 0 Å². The molecule has 1 atom stereocenters. The summed E-state index contributed by atoms with van der Waals surface area (Å²) in [4.78, 5) is 4.86. The topological polar surface area (TPSA) is 50.3 Å². The first-order valence-electron chi connectivity index (χ1n) is 8.16. The molecule has 0 bridgehead atoms. The maximum absolute atomic E-state index is 6.10. The first-order valence-corrected chi connectivity index (χ1v) is 8.16. The van der Waals surface area contributed by atoms with Crippen LogP contribution in [0, 0.1) is 5.92 Å². The minimum Gasteiger partial charge on any atom is -0.329 e. The maximum Gasteiger partial charge on any atom is 0.0670 e. The molecule has 5 heteroatoms. The SMILES string of the molecule is CCc1nn(C)cc1C(CN)N1CCC(CN(C)C)CC1. The summed E-state index contributed by atoms with van der Waals surface area (Å²) < 4.78 is 1.93. The van der Waals surface area contributed by atoms with Crippen molar-refractivity contribution in [2.24, 2.45) is 18.7 Å². The predicted octanol–water partition coefficient (Wildman–Crippen LogP) is 1.26. The molecule has 0 aromatic carbocycles. The summed E-state index contributed by atoms with van der Waals surface area (Å²) in [6.45, 7) is 6.35. The minimum absolute atomic E-state index is 0.328. The van der Waals surface area contributed by atoms with E-state index in [0.717, 1.165) is 25.4 Å². The van der Waals surface area contributed by atoms with Gasteiger partial charge in [0.15, 0.2) is 0 Å². The van der Waals surface area contributed by atoms with Crippen molar-refractivity contribution in [2.75, 3.05) is 40.3 Å². The minimum atomic E-state index is 0.328. The third-order valence-corrected chi connectivity index (χ3v) is 4.57. The van der Waals surface area contributed by atoms with Crippen molar-refractivity contribution >= 4 is 0 Å². The van der Waals surface area contributed by atoms with E-state index in [1.54, 1.807) is 0 Å². The zero-order chi connectivity index (χ0) is 15.4. The van der Waals surface area contributed by atoms with Gasteiger partial charge in [0, 0.05) is 31.9 Å². The molecule has 1 aliphatic rings. The summed E-state index contributed by atoms with van der Waals surface area (Å²) in [7, 11) is 6.33. The van der Waals surface area contributed by atoms with E-state index >= 15 is 0 Å². The van der Waals surface area contributed by atoms with Crippen LogP contribution in [0.3, 0.4) is 0 Å². The molecule has 1 fully saturated rings. The lowest BCUT2D eigenvalue weighted by atomic mass is 9.93. The Bertz CT molecular complexity index is 432. The number of hydrogen-bond acceptors (Lipinski definition) is 4. The van der Waals surface area contributed by atoms with Gasteiger partial charge in [-0.1, -0.05) is 6.92 Å². The van der Waals surface area contributed by atoms with Gasteiger partial charge < -0.3 is 10.6 Å². The molecule has 2 heterocycles. The molecule has 5 nitrogen and oxygen atoms in total. The monoisotopic (exact) mass is 293 g/mol. The number of aryl methyl sites for hydroxylation is 2. The molecule has 0 radical (unpaired) electrons. The highest BCUT2D eigenvalue weighted by molar-refractivity contribution is 5.22. The summed E-state index contributed by atoms with van der Waals surface area (Å²) in [6, 6.07) is 0.328. The van der Waals surface area contributed by atoms with Crippen molar-refractivity contribution in [2.45, 2.75) is 32.2 Å². The Hall–Kier alpha value is -0.910. The molecule has 2 rings (SSSR count). The predicted molar refractivity (Wildman–Crippen MR) is 87.2 cm³/mol. The van der Waals surface area contributed by atoms with Crippen molar-refractivity contribution < 1.29 is 0 Å². The van der Waals surface area contributed by atoms with Crippen LogP contribution in [-0.2, 0) is 13.5 Å². The van der Waals surface area contributed by atoms with Gasteiger partial charge in [0.1, 0.15) is 0 Å². The molecular weight excluding hydrogens is 262 g/mol. The number of piperidine rings is 1. The number of nitrogens with zero attached hydrogens (tertiary/aromatic N) is 4. The van der Waals surface area contributed by atoms with Gasteiger partial charge in [0.2, 0.25) is 0 Å². The fraction of sp³-hybridized carbons (Fsp3) is 0.812. The van der Waals surface area contributed by atoms with Gasteiger partial charge in [-0.15, -0.1) is 0 Å². The van der Waals surface area contributed by atoms with E-state index in [0.29, 0.717) is 12.6 Å². The van der Waals surface area contributed by atoms with Crippen LogP contribution in [0.15, 0.2) is 6.20 Å². The van der Waals surface area contributed by atoms with Gasteiger partial charge in [0.05, 0.1) is 11.7 Å². The Kier molecular flexibility index (Phi) is 5.79. The van der Waals surface area contributed by atoms with Gasteiger partial charge in [-0.3, -0.25) is 9.58 Å². The number of likely N-dealkylation sites (tertiary alicyclic amines) is 1. The quantitative estimate of drug-likeness (QED) is 0.858. The van der Waals surface area contributed by atoms with Crippen LogP contribution in [0.2, 0.25) is 0 Å². The third kappa shape index (κ3) is 4.05. The Labute approximate surface area is 129 Å². The third-order valence-electron chi connectivity index (χ3n) is 4.57. The molecule has 1 unspecified atom stereocenters. The number of aromatic nitrogens is 2. The lowest BCUT2D eigenvalue weighted by Crippen LogP contribution is -2.41. The van der Waals surface area contributed by atoms with Crippen molar-refractivity contribution in [1.82, 2.24) is 19.6 Å². The highest BCUT2D eigenvalue weighted by Gasteiger charge is 2.27. The van der Waals surface area contributed by atoms with E-state index in [4.69, 9.17) is 5.73 Å². The first kappa shape index (κ1) is 16.5. The summed E-state index contributed by atoms with van der Waals surface area (Å²) in [5.41, 5.74) is 8.62. The van der Waals surface area contributed by atoms with Crippen LogP contribution in [0.4, 0.5) is 0 Å². The Morgan fingerprint density at radius 1 is 1.38 bits per heavy atom. The molecular formula is C16H31N5. The molecule has 2 N–H and O–H groups in total. The Morgan fingerprint density at radius 3 is 2.57 bits per heavy atom. The highest BCUT2D eigenvalue weighted by Crippen LogP contribution is 2.28. The molecule has 1 aromatic rings. The van der Waals surface area contributed by atoms with Crippen LogP contribution in [0.25, 0.3) is 0 Å². The second kappa shape index (κ2) is 7.38. The van der Waals surface area contributed by atoms with Gasteiger partial charge in [-0.05, 0) is 52.4 Å². The maximum atomic E-state index is 6.10. The second-order valence-corrected chi connectivity index (χ2v) is 6.55. The van der Waals surface area contributed by atoms with Crippen molar-refractivity contribution in [1.29, 1.82) is 0 Å². The molecule has 120 valence electrons. The summed E-state index contributed by atoms with van der Waals surface area (Å²) in [5.74, 6) is 0.828. The van der Waals surface area contributed by atoms with Crippen molar-refractivity contribution in [3.63, 3.8) is 0 Å². The fourth-order valence-electron chi connectivity index (χ4n) is 3.54.